The van der Waals surface area contributed by atoms with E-state index >= 15 is 0 Å². The Hall–Kier alpha value is -1.71. The fourth-order valence-electron chi connectivity index (χ4n) is 3.95. The van der Waals surface area contributed by atoms with Gasteiger partial charge in [0.2, 0.25) is 0 Å². The van der Waals surface area contributed by atoms with Crippen molar-refractivity contribution in [2.75, 3.05) is 14.2 Å². The molecule has 2 rings (SSSR count). The maximum Gasteiger partial charge on any atom is 0.309 e. The number of hydrogen-bond donors (Lipinski definition) is 0. The second-order valence-electron chi connectivity index (χ2n) is 8.70. The van der Waals surface area contributed by atoms with Gasteiger partial charge in [0.05, 0.1) is 20.1 Å². The smallest absolute Gasteiger partial charge is 0.309 e. The third kappa shape index (κ3) is 7.08. The van der Waals surface area contributed by atoms with Gasteiger partial charge in [-0.2, -0.15) is 0 Å². The predicted octanol–water partition coefficient (Wildman–Crippen LogP) is 5.56. The van der Waals surface area contributed by atoms with E-state index in [2.05, 4.69) is 6.07 Å². The summed E-state index contributed by atoms with van der Waals surface area (Å²) in [7, 11) is 3.30. The molecule has 0 amide bonds. The highest BCUT2D eigenvalue weighted by Crippen LogP contribution is 2.33. The number of ether oxygens (including phenoxy) is 3. The zero-order valence-corrected chi connectivity index (χ0v) is 17.7. The normalized spacial score (nSPS) is 16.2. The molecule has 1 atom stereocenters. The van der Waals surface area contributed by atoms with Crippen LogP contribution in [0.5, 0.6) is 11.5 Å². The van der Waals surface area contributed by atoms with Gasteiger partial charge in [-0.1, -0.05) is 31.7 Å². The molecule has 4 nitrogen and oxygen atoms in total. The van der Waals surface area contributed by atoms with E-state index in [0.717, 1.165) is 37.2 Å². The van der Waals surface area contributed by atoms with Crippen LogP contribution >= 0.6 is 0 Å². The van der Waals surface area contributed by atoms with Crippen molar-refractivity contribution >= 4 is 5.97 Å². The molecule has 0 aromatic heterocycles. The third-order valence-electron chi connectivity index (χ3n) is 5.30. The van der Waals surface area contributed by atoms with Crippen LogP contribution in [0.1, 0.15) is 71.3 Å². The molecule has 1 aliphatic rings. The number of rotatable bonds is 9. The first kappa shape index (κ1) is 21.6. The van der Waals surface area contributed by atoms with Crippen LogP contribution in [0.25, 0.3) is 0 Å². The second kappa shape index (κ2) is 10.0. The van der Waals surface area contributed by atoms with Gasteiger partial charge >= 0.3 is 5.97 Å². The molecule has 0 radical (unpaired) electrons. The Balaban J connectivity index is 1.94. The van der Waals surface area contributed by atoms with Gasteiger partial charge in [0, 0.05) is 0 Å². The maximum atomic E-state index is 12.7. The minimum Gasteiger partial charge on any atom is -0.493 e. The van der Waals surface area contributed by atoms with E-state index in [1.54, 1.807) is 14.2 Å². The van der Waals surface area contributed by atoms with E-state index in [9.17, 15) is 4.79 Å². The summed E-state index contributed by atoms with van der Waals surface area (Å²) in [6, 6.07) is 6.04. The minimum absolute atomic E-state index is 0.00692. The van der Waals surface area contributed by atoms with Gasteiger partial charge in [0.1, 0.15) is 5.60 Å². The molecule has 0 heterocycles. The van der Waals surface area contributed by atoms with Crippen molar-refractivity contribution in [3.63, 3.8) is 0 Å². The van der Waals surface area contributed by atoms with Crippen LogP contribution in [0.4, 0.5) is 0 Å². The molecule has 27 heavy (non-hydrogen) atoms. The zero-order chi connectivity index (χ0) is 19.9. The first-order chi connectivity index (χ1) is 12.8. The van der Waals surface area contributed by atoms with E-state index in [-0.39, 0.29) is 11.9 Å². The SMILES string of the molecule is COc1ccc(CCCC(CC2CCCC2)C(=O)OC(C)(C)C)cc1OC. The third-order valence-corrected chi connectivity index (χ3v) is 5.30. The number of carbonyl (C=O) groups is 1. The van der Waals surface area contributed by atoms with E-state index in [1.165, 1.54) is 31.2 Å². The highest BCUT2D eigenvalue weighted by atomic mass is 16.6. The van der Waals surface area contributed by atoms with Crippen LogP contribution in [0.15, 0.2) is 18.2 Å². The van der Waals surface area contributed by atoms with E-state index in [1.807, 2.05) is 32.9 Å². The van der Waals surface area contributed by atoms with Gasteiger partial charge in [-0.3, -0.25) is 4.79 Å². The van der Waals surface area contributed by atoms with Gasteiger partial charge in [-0.15, -0.1) is 0 Å². The molecule has 152 valence electrons. The minimum atomic E-state index is -0.422. The molecule has 0 aliphatic heterocycles. The van der Waals surface area contributed by atoms with Crippen LogP contribution < -0.4 is 9.47 Å². The Bertz CT molecular complexity index is 597. The first-order valence-electron chi connectivity index (χ1n) is 10.3. The average Bonchev–Trinajstić information content (AvgIpc) is 3.12. The summed E-state index contributed by atoms with van der Waals surface area (Å²) in [6.45, 7) is 5.84. The second-order valence-corrected chi connectivity index (χ2v) is 8.70. The molecular weight excluding hydrogens is 340 g/mol. The Morgan fingerprint density at radius 3 is 2.37 bits per heavy atom. The van der Waals surface area contributed by atoms with E-state index < -0.39 is 5.60 Å². The van der Waals surface area contributed by atoms with Crippen molar-refractivity contribution in [2.24, 2.45) is 11.8 Å². The van der Waals surface area contributed by atoms with Crippen LogP contribution in [-0.2, 0) is 16.0 Å². The van der Waals surface area contributed by atoms with Crippen LogP contribution in [0.3, 0.4) is 0 Å². The van der Waals surface area contributed by atoms with E-state index in [0.29, 0.717) is 5.92 Å². The molecule has 0 saturated heterocycles. The lowest BCUT2D eigenvalue weighted by atomic mass is 9.89. The van der Waals surface area contributed by atoms with Crippen molar-refractivity contribution in [3.05, 3.63) is 23.8 Å². The van der Waals surface area contributed by atoms with Gasteiger partial charge in [-0.05, 0) is 70.1 Å². The quantitative estimate of drug-likeness (QED) is 0.529. The molecule has 1 unspecified atom stereocenters. The summed E-state index contributed by atoms with van der Waals surface area (Å²) in [5.74, 6) is 2.16. The lowest BCUT2D eigenvalue weighted by molar-refractivity contribution is -0.161. The molecular formula is C23H36O4. The molecule has 1 saturated carbocycles. The maximum absolute atomic E-state index is 12.7. The van der Waals surface area contributed by atoms with Crippen LogP contribution in [0, 0.1) is 11.8 Å². The lowest BCUT2D eigenvalue weighted by Crippen LogP contribution is -2.29. The first-order valence-corrected chi connectivity index (χ1v) is 10.3. The summed E-state index contributed by atoms with van der Waals surface area (Å²) in [6.07, 6.45) is 8.86. The Labute approximate surface area is 164 Å². The van der Waals surface area contributed by atoms with Gasteiger partial charge in [0.25, 0.3) is 0 Å². The van der Waals surface area contributed by atoms with Crippen LogP contribution in [-0.4, -0.2) is 25.8 Å². The number of benzene rings is 1. The zero-order valence-electron chi connectivity index (χ0n) is 17.7. The number of methoxy groups -OCH3 is 2. The van der Waals surface area contributed by atoms with Crippen molar-refractivity contribution in [3.8, 4) is 11.5 Å². The van der Waals surface area contributed by atoms with E-state index in [4.69, 9.17) is 14.2 Å². The molecule has 0 N–H and O–H groups in total. The number of carbonyl (C=O) groups excluding carboxylic acids is 1. The fourth-order valence-corrected chi connectivity index (χ4v) is 3.95. The molecule has 1 fully saturated rings. The number of esters is 1. The predicted molar refractivity (Wildman–Crippen MR) is 108 cm³/mol. The number of hydrogen-bond acceptors (Lipinski definition) is 4. The van der Waals surface area contributed by atoms with Gasteiger partial charge in [0.15, 0.2) is 11.5 Å². The molecule has 4 heteroatoms. The molecule has 1 aromatic rings. The van der Waals surface area contributed by atoms with Crippen LogP contribution in [0.2, 0.25) is 0 Å². The molecule has 0 spiro atoms. The highest BCUT2D eigenvalue weighted by molar-refractivity contribution is 5.72. The van der Waals surface area contributed by atoms with Gasteiger partial charge < -0.3 is 14.2 Å². The summed E-state index contributed by atoms with van der Waals surface area (Å²) in [5.41, 5.74) is 0.783. The van der Waals surface area contributed by atoms with Gasteiger partial charge in [-0.25, -0.2) is 0 Å². The topological polar surface area (TPSA) is 44.8 Å². The highest BCUT2D eigenvalue weighted by Gasteiger charge is 2.28. The summed E-state index contributed by atoms with van der Waals surface area (Å²) < 4.78 is 16.4. The largest absolute Gasteiger partial charge is 0.493 e. The van der Waals surface area contributed by atoms with Crippen molar-refractivity contribution in [1.29, 1.82) is 0 Å². The summed E-state index contributed by atoms with van der Waals surface area (Å²) >= 11 is 0. The van der Waals surface area contributed by atoms with Crippen molar-refractivity contribution < 1.29 is 19.0 Å². The number of aryl methyl sites for hydroxylation is 1. The van der Waals surface area contributed by atoms with Crippen molar-refractivity contribution in [1.82, 2.24) is 0 Å². The fraction of sp³-hybridized carbons (Fsp3) is 0.696. The average molecular weight is 377 g/mol. The standard InChI is InChI=1S/C23H36O4/c1-23(2,3)27-22(24)19(15-17-9-6-7-10-17)12-8-11-18-13-14-20(25-4)21(16-18)26-5/h13-14,16-17,19H,6-12,15H2,1-5H3. The summed E-state index contributed by atoms with van der Waals surface area (Å²) in [5, 5.41) is 0. The Kier molecular flexibility index (Phi) is 8.00. The molecule has 1 aliphatic carbocycles. The Morgan fingerprint density at radius 2 is 1.78 bits per heavy atom. The summed E-state index contributed by atoms with van der Waals surface area (Å²) in [4.78, 5) is 12.7. The molecule has 1 aromatic carbocycles. The van der Waals surface area contributed by atoms with Crippen molar-refractivity contribution in [2.45, 2.75) is 77.7 Å². The molecule has 0 bridgehead atoms. The monoisotopic (exact) mass is 376 g/mol. The Morgan fingerprint density at radius 1 is 1.11 bits per heavy atom. The lowest BCUT2D eigenvalue weighted by Gasteiger charge is -2.25.